The Morgan fingerprint density at radius 3 is 3.05 bits per heavy atom. The summed E-state index contributed by atoms with van der Waals surface area (Å²) >= 11 is 0. The van der Waals surface area contributed by atoms with Crippen molar-refractivity contribution in [2.75, 3.05) is 20.2 Å². The van der Waals surface area contributed by atoms with Gasteiger partial charge in [-0.05, 0) is 25.8 Å². The zero-order chi connectivity index (χ0) is 14.5. The van der Waals surface area contributed by atoms with Crippen LogP contribution in [0.5, 0.6) is 5.88 Å². The Morgan fingerprint density at radius 1 is 1.55 bits per heavy atom. The van der Waals surface area contributed by atoms with Crippen LogP contribution >= 0.6 is 0 Å². The van der Waals surface area contributed by atoms with E-state index in [1.165, 1.54) is 0 Å². The first-order valence-corrected chi connectivity index (χ1v) is 7.09. The molecule has 1 fully saturated rings. The second-order valence-electron chi connectivity index (χ2n) is 5.31. The van der Waals surface area contributed by atoms with E-state index in [0.717, 1.165) is 37.2 Å². The van der Waals surface area contributed by atoms with Crippen molar-refractivity contribution >= 4 is 5.91 Å². The van der Waals surface area contributed by atoms with E-state index in [4.69, 9.17) is 4.74 Å². The van der Waals surface area contributed by atoms with E-state index in [-0.39, 0.29) is 5.91 Å². The molecule has 0 aliphatic carbocycles. The van der Waals surface area contributed by atoms with Gasteiger partial charge >= 0.3 is 0 Å². The van der Waals surface area contributed by atoms with E-state index in [9.17, 15) is 4.79 Å². The number of hydrogen-bond acceptors (Lipinski definition) is 4. The number of piperidine rings is 1. The maximum atomic E-state index is 11.4. The van der Waals surface area contributed by atoms with Crippen LogP contribution in [0.15, 0.2) is 12.1 Å². The third-order valence-electron chi connectivity index (χ3n) is 3.72. The van der Waals surface area contributed by atoms with Crippen LogP contribution in [0.25, 0.3) is 0 Å². The summed E-state index contributed by atoms with van der Waals surface area (Å²) in [5.74, 6) is 0.836. The van der Waals surface area contributed by atoms with Gasteiger partial charge in [0.15, 0.2) is 0 Å². The number of pyridine rings is 1. The molecule has 0 radical (unpaired) electrons. The van der Waals surface area contributed by atoms with Gasteiger partial charge in [-0.15, -0.1) is 0 Å². The Hall–Kier alpha value is -1.62. The summed E-state index contributed by atoms with van der Waals surface area (Å²) in [5, 5.41) is 3.50. The van der Waals surface area contributed by atoms with Crippen molar-refractivity contribution in [2.45, 2.75) is 39.3 Å². The number of amides is 1. The smallest absolute Gasteiger partial charge is 0.219 e. The monoisotopic (exact) mass is 277 g/mol. The normalized spacial score (nSPS) is 18.9. The molecule has 1 atom stereocenters. The Labute approximate surface area is 120 Å². The molecule has 1 aromatic rings. The van der Waals surface area contributed by atoms with Gasteiger partial charge in [-0.3, -0.25) is 4.79 Å². The molecule has 110 valence electrons. The molecule has 1 aliphatic rings. The number of aryl methyl sites for hydroxylation is 1. The van der Waals surface area contributed by atoms with E-state index in [0.29, 0.717) is 18.5 Å². The largest absolute Gasteiger partial charge is 0.481 e. The number of nitrogens with one attached hydrogen (secondary N) is 1. The first-order chi connectivity index (χ1) is 9.60. The van der Waals surface area contributed by atoms with Crippen LogP contribution in [0.3, 0.4) is 0 Å². The molecule has 1 unspecified atom stereocenters. The molecule has 5 heteroatoms. The fourth-order valence-electron chi connectivity index (χ4n) is 2.56. The van der Waals surface area contributed by atoms with Crippen molar-refractivity contribution in [3.8, 4) is 5.88 Å². The predicted octanol–water partition coefficient (Wildman–Crippen LogP) is 1.50. The highest BCUT2D eigenvalue weighted by molar-refractivity contribution is 5.73. The summed E-state index contributed by atoms with van der Waals surface area (Å²) in [6.07, 6.45) is 2.16. The quantitative estimate of drug-likeness (QED) is 0.906. The number of likely N-dealkylation sites (tertiary alicyclic amines) is 1. The van der Waals surface area contributed by atoms with E-state index in [2.05, 4.69) is 10.3 Å². The van der Waals surface area contributed by atoms with Crippen molar-refractivity contribution in [3.63, 3.8) is 0 Å². The summed E-state index contributed by atoms with van der Waals surface area (Å²) in [6.45, 7) is 5.97. The summed E-state index contributed by atoms with van der Waals surface area (Å²) in [7, 11) is 1.64. The average Bonchev–Trinajstić information content (AvgIpc) is 2.46. The highest BCUT2D eigenvalue weighted by Gasteiger charge is 2.21. The molecule has 0 aromatic carbocycles. The number of rotatable bonds is 4. The minimum Gasteiger partial charge on any atom is -0.481 e. The van der Waals surface area contributed by atoms with Crippen LogP contribution in [0.1, 0.15) is 31.0 Å². The lowest BCUT2D eigenvalue weighted by atomic mass is 10.1. The highest BCUT2D eigenvalue weighted by atomic mass is 16.5. The van der Waals surface area contributed by atoms with Crippen molar-refractivity contribution in [3.05, 3.63) is 23.4 Å². The van der Waals surface area contributed by atoms with E-state index >= 15 is 0 Å². The molecule has 1 aromatic heterocycles. The van der Waals surface area contributed by atoms with Crippen molar-refractivity contribution in [2.24, 2.45) is 0 Å². The number of nitrogens with zero attached hydrogens (tertiary/aromatic N) is 2. The van der Waals surface area contributed by atoms with Gasteiger partial charge in [-0.1, -0.05) is 6.07 Å². The fraction of sp³-hybridized carbons (Fsp3) is 0.600. The zero-order valence-corrected chi connectivity index (χ0v) is 12.5. The van der Waals surface area contributed by atoms with E-state index in [1.54, 1.807) is 14.0 Å². The molecule has 5 nitrogen and oxygen atoms in total. The van der Waals surface area contributed by atoms with Crippen molar-refractivity contribution < 1.29 is 9.53 Å². The molecule has 0 bridgehead atoms. The number of carbonyl (C=O) groups excluding carboxylic acids is 1. The Balaban J connectivity index is 1.93. The van der Waals surface area contributed by atoms with Gasteiger partial charge < -0.3 is 15.0 Å². The topological polar surface area (TPSA) is 54.5 Å². The van der Waals surface area contributed by atoms with Crippen LogP contribution in [-0.2, 0) is 11.3 Å². The third-order valence-corrected chi connectivity index (χ3v) is 3.72. The number of hydrogen-bond donors (Lipinski definition) is 1. The molecule has 2 heterocycles. The Bertz CT molecular complexity index is 476. The van der Waals surface area contributed by atoms with Crippen molar-refractivity contribution in [1.29, 1.82) is 0 Å². The molecular weight excluding hydrogens is 254 g/mol. The number of aromatic nitrogens is 1. The van der Waals surface area contributed by atoms with Gasteiger partial charge in [0.1, 0.15) is 0 Å². The maximum Gasteiger partial charge on any atom is 0.219 e. The molecule has 0 saturated carbocycles. The predicted molar refractivity (Wildman–Crippen MR) is 77.6 cm³/mol. The fourth-order valence-corrected chi connectivity index (χ4v) is 2.56. The summed E-state index contributed by atoms with van der Waals surface area (Å²) in [5.41, 5.74) is 2.00. The maximum absolute atomic E-state index is 11.4. The molecule has 20 heavy (non-hydrogen) atoms. The van der Waals surface area contributed by atoms with E-state index < -0.39 is 0 Å². The lowest BCUT2D eigenvalue weighted by Crippen LogP contribution is -2.47. The molecule has 0 spiro atoms. The van der Waals surface area contributed by atoms with Crippen LogP contribution < -0.4 is 10.1 Å². The number of ether oxygens (including phenoxy) is 1. The van der Waals surface area contributed by atoms with Gasteiger partial charge in [0.2, 0.25) is 11.8 Å². The second-order valence-corrected chi connectivity index (χ2v) is 5.31. The van der Waals surface area contributed by atoms with Gasteiger partial charge in [-0.25, -0.2) is 4.98 Å². The van der Waals surface area contributed by atoms with Gasteiger partial charge in [0.25, 0.3) is 0 Å². The van der Waals surface area contributed by atoms with Crippen LogP contribution in [0.2, 0.25) is 0 Å². The molecule has 1 amide bonds. The average molecular weight is 277 g/mol. The minimum absolute atomic E-state index is 0.158. The minimum atomic E-state index is 0.158. The molecular formula is C15H23N3O2. The summed E-state index contributed by atoms with van der Waals surface area (Å²) in [6, 6.07) is 4.38. The summed E-state index contributed by atoms with van der Waals surface area (Å²) < 4.78 is 5.31. The van der Waals surface area contributed by atoms with Crippen LogP contribution in [0, 0.1) is 6.92 Å². The molecule has 1 N–H and O–H groups in total. The van der Waals surface area contributed by atoms with E-state index in [1.807, 2.05) is 24.0 Å². The molecule has 1 aliphatic heterocycles. The Kier molecular flexibility index (Phi) is 4.95. The molecule has 1 saturated heterocycles. The van der Waals surface area contributed by atoms with Crippen LogP contribution in [-0.4, -0.2) is 42.0 Å². The van der Waals surface area contributed by atoms with Crippen LogP contribution in [0.4, 0.5) is 0 Å². The van der Waals surface area contributed by atoms with Gasteiger partial charge in [0, 0.05) is 43.9 Å². The lowest BCUT2D eigenvalue weighted by Gasteiger charge is -2.32. The first kappa shape index (κ1) is 14.8. The Morgan fingerprint density at radius 2 is 2.35 bits per heavy atom. The zero-order valence-electron chi connectivity index (χ0n) is 12.5. The summed E-state index contributed by atoms with van der Waals surface area (Å²) in [4.78, 5) is 17.7. The number of methoxy groups -OCH3 is 1. The van der Waals surface area contributed by atoms with Gasteiger partial charge in [0.05, 0.1) is 7.11 Å². The van der Waals surface area contributed by atoms with Gasteiger partial charge in [-0.2, -0.15) is 0 Å². The second kappa shape index (κ2) is 6.70. The third kappa shape index (κ3) is 3.70. The SMILES string of the molecule is COc1nc(C)ccc1CNC1CCCN(C(C)=O)C1. The highest BCUT2D eigenvalue weighted by Crippen LogP contribution is 2.17. The van der Waals surface area contributed by atoms with Crippen molar-refractivity contribution in [1.82, 2.24) is 15.2 Å². The standard InChI is InChI=1S/C15H23N3O2/c1-11-6-7-13(15(17-11)20-3)9-16-14-5-4-8-18(10-14)12(2)19/h6-7,14,16H,4-5,8-10H2,1-3H3. The molecule has 2 rings (SSSR count). The number of carbonyl (C=O) groups is 1. The first-order valence-electron chi connectivity index (χ1n) is 7.09. The lowest BCUT2D eigenvalue weighted by molar-refractivity contribution is -0.130.